The smallest absolute Gasteiger partial charge is 0.220 e. The Morgan fingerprint density at radius 1 is 1.03 bits per heavy atom. The Morgan fingerprint density at radius 3 is 2.56 bits per heavy atom. The second kappa shape index (κ2) is 11.6. The fourth-order valence-electron chi connectivity index (χ4n) is 4.34. The molecule has 1 atom stereocenters. The number of hydrogen-bond donors (Lipinski definition) is 2. The summed E-state index contributed by atoms with van der Waals surface area (Å²) in [7, 11) is 3.27. The minimum absolute atomic E-state index is 0.0716. The standard InChI is InChI=1S/C27H36N2O3/c1-5-7-8-9-15-28-26(30)17-22(20-13-14-24(31-3)25(16-20)32-4)23-18-29-27-19(6-2)11-10-12-21(23)27/h10-14,16,18,22,29H,5-9,15,17H2,1-4H3,(H,28,30)/t22-/m0/s1. The van der Waals surface area contributed by atoms with E-state index in [1.165, 1.54) is 23.8 Å². The number of para-hydroxylation sites is 1. The maximum Gasteiger partial charge on any atom is 0.220 e. The number of nitrogens with one attached hydrogen (secondary N) is 2. The lowest BCUT2D eigenvalue weighted by molar-refractivity contribution is -0.121. The number of carbonyl (C=O) groups excluding carboxylic acids is 1. The number of hydrogen-bond acceptors (Lipinski definition) is 3. The summed E-state index contributed by atoms with van der Waals surface area (Å²) in [5.41, 5.74) is 4.59. The number of aromatic amines is 1. The van der Waals surface area contributed by atoms with Crippen molar-refractivity contribution in [1.82, 2.24) is 10.3 Å². The lowest BCUT2D eigenvalue weighted by atomic mass is 9.87. The van der Waals surface area contributed by atoms with Gasteiger partial charge in [0.2, 0.25) is 5.91 Å². The average molecular weight is 437 g/mol. The van der Waals surface area contributed by atoms with Crippen LogP contribution in [0.1, 0.15) is 68.6 Å². The van der Waals surface area contributed by atoms with Crippen molar-refractivity contribution >= 4 is 16.8 Å². The van der Waals surface area contributed by atoms with Crippen LogP contribution in [0.25, 0.3) is 10.9 Å². The van der Waals surface area contributed by atoms with Gasteiger partial charge in [0.15, 0.2) is 11.5 Å². The topological polar surface area (TPSA) is 63.4 Å². The van der Waals surface area contributed by atoms with Crippen molar-refractivity contribution in [3.63, 3.8) is 0 Å². The van der Waals surface area contributed by atoms with E-state index < -0.39 is 0 Å². The second-order valence-corrected chi connectivity index (χ2v) is 8.22. The number of methoxy groups -OCH3 is 2. The predicted octanol–water partition coefficient (Wildman–Crippen LogP) is 5.97. The van der Waals surface area contributed by atoms with E-state index in [9.17, 15) is 4.79 Å². The highest BCUT2D eigenvalue weighted by Crippen LogP contribution is 2.38. The van der Waals surface area contributed by atoms with Crippen molar-refractivity contribution in [3.05, 3.63) is 59.3 Å². The highest BCUT2D eigenvalue weighted by atomic mass is 16.5. The first kappa shape index (κ1) is 23.7. The van der Waals surface area contributed by atoms with Gasteiger partial charge in [-0.3, -0.25) is 4.79 Å². The maximum absolute atomic E-state index is 12.9. The third-order valence-electron chi connectivity index (χ3n) is 6.14. The number of aromatic nitrogens is 1. The molecule has 1 heterocycles. The minimum atomic E-state index is -0.0914. The predicted molar refractivity (Wildman–Crippen MR) is 131 cm³/mol. The number of H-pyrrole nitrogens is 1. The van der Waals surface area contributed by atoms with Crippen LogP contribution in [0.15, 0.2) is 42.6 Å². The fourth-order valence-corrected chi connectivity index (χ4v) is 4.34. The van der Waals surface area contributed by atoms with Crippen molar-refractivity contribution in [2.75, 3.05) is 20.8 Å². The first-order chi connectivity index (χ1) is 15.6. The SMILES string of the molecule is CCCCCCNC(=O)C[C@@H](c1ccc(OC)c(OC)c1)c1c[nH]c2c(CC)cccc12. The number of aryl methyl sites for hydroxylation is 1. The van der Waals surface area contributed by atoms with Gasteiger partial charge in [0.1, 0.15) is 0 Å². The molecule has 0 aliphatic carbocycles. The first-order valence-electron chi connectivity index (χ1n) is 11.7. The van der Waals surface area contributed by atoms with Crippen LogP contribution >= 0.6 is 0 Å². The molecule has 2 aromatic carbocycles. The summed E-state index contributed by atoms with van der Waals surface area (Å²) in [5.74, 6) is 1.33. The van der Waals surface area contributed by atoms with Gasteiger partial charge in [-0.25, -0.2) is 0 Å². The zero-order valence-electron chi connectivity index (χ0n) is 19.8. The quantitative estimate of drug-likeness (QED) is 0.344. The maximum atomic E-state index is 12.9. The number of ether oxygens (including phenoxy) is 2. The van der Waals surface area contributed by atoms with Crippen LogP contribution in [0.4, 0.5) is 0 Å². The molecular weight excluding hydrogens is 400 g/mol. The van der Waals surface area contributed by atoms with Crippen LogP contribution in [0.2, 0.25) is 0 Å². The van der Waals surface area contributed by atoms with Gasteiger partial charge in [-0.1, -0.05) is 57.4 Å². The highest BCUT2D eigenvalue weighted by Gasteiger charge is 2.23. The van der Waals surface area contributed by atoms with Crippen molar-refractivity contribution in [1.29, 1.82) is 0 Å². The molecule has 172 valence electrons. The third-order valence-corrected chi connectivity index (χ3v) is 6.14. The Bertz CT molecular complexity index is 1020. The zero-order chi connectivity index (χ0) is 22.9. The molecule has 0 spiro atoms. The number of unbranched alkanes of at least 4 members (excludes halogenated alkanes) is 3. The van der Waals surface area contributed by atoms with E-state index in [2.05, 4.69) is 48.5 Å². The largest absolute Gasteiger partial charge is 0.493 e. The normalized spacial score (nSPS) is 12.0. The van der Waals surface area contributed by atoms with Crippen LogP contribution in [0.3, 0.4) is 0 Å². The molecule has 32 heavy (non-hydrogen) atoms. The molecule has 3 rings (SSSR count). The Morgan fingerprint density at radius 2 is 1.84 bits per heavy atom. The van der Waals surface area contributed by atoms with Crippen molar-refractivity contribution in [2.24, 2.45) is 0 Å². The van der Waals surface area contributed by atoms with Gasteiger partial charge < -0.3 is 19.8 Å². The Balaban J connectivity index is 1.93. The van der Waals surface area contributed by atoms with Gasteiger partial charge >= 0.3 is 0 Å². The number of benzene rings is 2. The average Bonchev–Trinajstić information content (AvgIpc) is 3.26. The summed E-state index contributed by atoms with van der Waals surface area (Å²) in [6, 6.07) is 12.3. The number of fused-ring (bicyclic) bond motifs is 1. The van der Waals surface area contributed by atoms with E-state index in [0.717, 1.165) is 42.5 Å². The van der Waals surface area contributed by atoms with Crippen LogP contribution in [0.5, 0.6) is 11.5 Å². The molecule has 0 aliphatic heterocycles. The summed E-state index contributed by atoms with van der Waals surface area (Å²) in [4.78, 5) is 16.4. The Labute approximate surface area is 191 Å². The van der Waals surface area contributed by atoms with Gasteiger partial charge in [0, 0.05) is 36.0 Å². The molecule has 0 saturated heterocycles. The second-order valence-electron chi connectivity index (χ2n) is 8.22. The van der Waals surface area contributed by atoms with Crippen molar-refractivity contribution in [2.45, 2.75) is 58.3 Å². The fraction of sp³-hybridized carbons (Fsp3) is 0.444. The summed E-state index contributed by atoms with van der Waals surface area (Å²) in [5, 5.41) is 4.29. The summed E-state index contributed by atoms with van der Waals surface area (Å²) in [6.07, 6.45) is 7.96. The molecule has 2 N–H and O–H groups in total. The molecule has 1 amide bonds. The minimum Gasteiger partial charge on any atom is -0.493 e. The van der Waals surface area contributed by atoms with Gasteiger partial charge in [0.25, 0.3) is 0 Å². The molecule has 5 heteroatoms. The zero-order valence-corrected chi connectivity index (χ0v) is 19.8. The highest BCUT2D eigenvalue weighted by molar-refractivity contribution is 5.88. The Kier molecular flexibility index (Phi) is 8.60. The number of amides is 1. The first-order valence-corrected chi connectivity index (χ1v) is 11.7. The molecule has 0 bridgehead atoms. The number of rotatable bonds is 12. The van der Waals surface area contributed by atoms with Gasteiger partial charge in [-0.15, -0.1) is 0 Å². The third kappa shape index (κ3) is 5.45. The van der Waals surface area contributed by atoms with Crippen LogP contribution in [0, 0.1) is 0 Å². The van der Waals surface area contributed by atoms with E-state index >= 15 is 0 Å². The van der Waals surface area contributed by atoms with Gasteiger partial charge in [0.05, 0.1) is 14.2 Å². The molecule has 1 aromatic heterocycles. The van der Waals surface area contributed by atoms with Crippen LogP contribution in [-0.4, -0.2) is 31.7 Å². The van der Waals surface area contributed by atoms with Crippen molar-refractivity contribution < 1.29 is 14.3 Å². The van der Waals surface area contributed by atoms with E-state index in [1.807, 2.05) is 18.2 Å². The summed E-state index contributed by atoms with van der Waals surface area (Å²) < 4.78 is 11.0. The van der Waals surface area contributed by atoms with Crippen LogP contribution in [-0.2, 0) is 11.2 Å². The molecule has 0 unspecified atom stereocenters. The summed E-state index contributed by atoms with van der Waals surface area (Å²) in [6.45, 7) is 5.08. The summed E-state index contributed by atoms with van der Waals surface area (Å²) >= 11 is 0. The van der Waals surface area contributed by atoms with Gasteiger partial charge in [-0.2, -0.15) is 0 Å². The van der Waals surface area contributed by atoms with E-state index in [-0.39, 0.29) is 11.8 Å². The van der Waals surface area contributed by atoms with E-state index in [0.29, 0.717) is 17.9 Å². The number of carbonyl (C=O) groups is 1. The molecule has 0 saturated carbocycles. The van der Waals surface area contributed by atoms with Crippen LogP contribution < -0.4 is 14.8 Å². The molecular formula is C27H36N2O3. The molecule has 5 nitrogen and oxygen atoms in total. The molecule has 3 aromatic rings. The van der Waals surface area contributed by atoms with Crippen molar-refractivity contribution in [3.8, 4) is 11.5 Å². The molecule has 0 aliphatic rings. The molecule has 0 radical (unpaired) electrons. The monoisotopic (exact) mass is 436 g/mol. The van der Waals surface area contributed by atoms with E-state index in [1.54, 1.807) is 14.2 Å². The molecule has 0 fully saturated rings. The van der Waals surface area contributed by atoms with Gasteiger partial charge in [-0.05, 0) is 41.7 Å². The lowest BCUT2D eigenvalue weighted by Gasteiger charge is -2.19. The van der Waals surface area contributed by atoms with E-state index in [4.69, 9.17) is 9.47 Å². The lowest BCUT2D eigenvalue weighted by Crippen LogP contribution is -2.26. The Hall–Kier alpha value is -2.95.